The molecule has 0 heterocycles. The van der Waals surface area contributed by atoms with Gasteiger partial charge in [-0.15, -0.1) is 0 Å². The highest BCUT2D eigenvalue weighted by Gasteiger charge is 2.20. The van der Waals surface area contributed by atoms with Gasteiger partial charge in [0.2, 0.25) is 11.8 Å². The molecular formula is C12H21BrN2O2. The third kappa shape index (κ3) is 6.66. The molecule has 2 N–H and O–H groups in total. The molecule has 1 aliphatic carbocycles. The largest absolute Gasteiger partial charge is 0.356 e. The van der Waals surface area contributed by atoms with E-state index in [2.05, 4.69) is 26.6 Å². The first-order valence-corrected chi connectivity index (χ1v) is 7.17. The second-order valence-electron chi connectivity index (χ2n) is 4.60. The Hall–Kier alpha value is -0.580. The van der Waals surface area contributed by atoms with Gasteiger partial charge in [-0.2, -0.15) is 0 Å². The molecule has 0 aliphatic heterocycles. The van der Waals surface area contributed by atoms with Gasteiger partial charge in [-0.05, 0) is 32.1 Å². The maximum absolute atomic E-state index is 11.6. The zero-order valence-corrected chi connectivity index (χ0v) is 11.9. The van der Waals surface area contributed by atoms with Crippen LogP contribution in [0.2, 0.25) is 0 Å². The van der Waals surface area contributed by atoms with Gasteiger partial charge in [0.25, 0.3) is 0 Å². The Morgan fingerprint density at radius 2 is 1.88 bits per heavy atom. The fraction of sp³-hybridized carbons (Fsp3) is 0.833. The maximum atomic E-state index is 11.6. The molecule has 4 nitrogen and oxygen atoms in total. The third-order valence-electron chi connectivity index (χ3n) is 2.98. The summed E-state index contributed by atoms with van der Waals surface area (Å²) in [7, 11) is 0. The molecule has 0 atom stereocenters. The summed E-state index contributed by atoms with van der Waals surface area (Å²) >= 11 is 3.59. The Bertz CT molecular complexity index is 263. The minimum atomic E-state index is -0.0407. The zero-order valence-electron chi connectivity index (χ0n) is 10.3. The van der Waals surface area contributed by atoms with Gasteiger partial charge in [-0.1, -0.05) is 15.9 Å². The zero-order chi connectivity index (χ0) is 12.7. The highest BCUT2D eigenvalue weighted by Crippen LogP contribution is 2.24. The first-order valence-electron chi connectivity index (χ1n) is 6.26. The van der Waals surface area contributed by atoms with Crippen molar-refractivity contribution in [3.63, 3.8) is 0 Å². The lowest BCUT2D eigenvalue weighted by Crippen LogP contribution is -2.38. The van der Waals surface area contributed by atoms with Crippen molar-refractivity contribution in [1.29, 1.82) is 0 Å². The van der Waals surface area contributed by atoms with Crippen LogP contribution in [0.4, 0.5) is 0 Å². The van der Waals surface area contributed by atoms with Gasteiger partial charge in [-0.3, -0.25) is 9.59 Å². The molecular weight excluding hydrogens is 284 g/mol. The molecule has 98 valence electrons. The Labute approximate surface area is 111 Å². The Morgan fingerprint density at radius 3 is 2.47 bits per heavy atom. The van der Waals surface area contributed by atoms with Crippen molar-refractivity contribution in [3.05, 3.63) is 0 Å². The first-order chi connectivity index (χ1) is 8.08. The van der Waals surface area contributed by atoms with E-state index in [1.54, 1.807) is 0 Å². The predicted octanol–water partition coefficient (Wildman–Crippen LogP) is 1.72. The Kier molecular flexibility index (Phi) is 6.55. The number of alkyl halides is 1. The quantitative estimate of drug-likeness (QED) is 0.600. The average molecular weight is 305 g/mol. The lowest BCUT2D eigenvalue weighted by atomic mass is 9.95. The lowest BCUT2D eigenvalue weighted by molar-refractivity contribution is -0.122. The molecule has 0 radical (unpaired) electrons. The molecule has 1 rings (SSSR count). The molecule has 0 aromatic heterocycles. The van der Waals surface area contributed by atoms with Gasteiger partial charge in [-0.25, -0.2) is 0 Å². The number of carbonyl (C=O) groups is 2. The van der Waals surface area contributed by atoms with Crippen LogP contribution in [0.1, 0.15) is 45.4 Å². The molecule has 1 aliphatic rings. The van der Waals surface area contributed by atoms with Crippen molar-refractivity contribution in [2.24, 2.45) is 0 Å². The molecule has 0 saturated heterocycles. The fourth-order valence-electron chi connectivity index (χ4n) is 2.01. The van der Waals surface area contributed by atoms with Crippen LogP contribution in [0.3, 0.4) is 0 Å². The topological polar surface area (TPSA) is 58.2 Å². The average Bonchev–Trinajstić information content (AvgIpc) is 2.27. The molecule has 1 fully saturated rings. The summed E-state index contributed by atoms with van der Waals surface area (Å²) in [6.45, 7) is 2.07. The van der Waals surface area contributed by atoms with Crippen molar-refractivity contribution in [2.45, 2.75) is 56.3 Å². The standard InChI is InChI=1S/C12H21BrN2O2/c1-9(16)14-8-2-3-12(17)15-11-6-4-10(13)5-7-11/h10-11H,2-8H2,1H3,(H,14,16)(H,15,17). The molecule has 0 aromatic carbocycles. The van der Waals surface area contributed by atoms with E-state index < -0.39 is 0 Å². The van der Waals surface area contributed by atoms with E-state index in [9.17, 15) is 9.59 Å². The molecule has 0 unspecified atom stereocenters. The Balaban J connectivity index is 2.06. The smallest absolute Gasteiger partial charge is 0.220 e. The number of carbonyl (C=O) groups excluding carboxylic acids is 2. The van der Waals surface area contributed by atoms with Crippen LogP contribution in [0.15, 0.2) is 0 Å². The highest BCUT2D eigenvalue weighted by molar-refractivity contribution is 9.09. The van der Waals surface area contributed by atoms with Crippen molar-refractivity contribution in [2.75, 3.05) is 6.54 Å². The minimum Gasteiger partial charge on any atom is -0.356 e. The predicted molar refractivity (Wildman–Crippen MR) is 71.0 cm³/mol. The SMILES string of the molecule is CC(=O)NCCCC(=O)NC1CCC(Br)CC1. The number of nitrogens with one attached hydrogen (secondary N) is 2. The number of rotatable bonds is 5. The number of halogens is 1. The van der Waals surface area contributed by atoms with E-state index >= 15 is 0 Å². The van der Waals surface area contributed by atoms with E-state index in [0.717, 1.165) is 25.7 Å². The summed E-state index contributed by atoms with van der Waals surface area (Å²) in [6.07, 6.45) is 5.60. The third-order valence-corrected chi connectivity index (χ3v) is 3.89. The van der Waals surface area contributed by atoms with Crippen LogP contribution < -0.4 is 10.6 Å². The second-order valence-corrected chi connectivity index (χ2v) is 5.90. The van der Waals surface area contributed by atoms with Crippen LogP contribution in [0.25, 0.3) is 0 Å². The van der Waals surface area contributed by atoms with Crippen molar-refractivity contribution in [3.8, 4) is 0 Å². The number of hydrogen-bond acceptors (Lipinski definition) is 2. The van der Waals surface area contributed by atoms with Gasteiger partial charge in [0, 0.05) is 30.8 Å². The fourth-order valence-corrected chi connectivity index (χ4v) is 2.54. The van der Waals surface area contributed by atoms with Crippen LogP contribution in [0.5, 0.6) is 0 Å². The van der Waals surface area contributed by atoms with Crippen LogP contribution in [0, 0.1) is 0 Å². The van der Waals surface area contributed by atoms with E-state index in [-0.39, 0.29) is 11.8 Å². The molecule has 17 heavy (non-hydrogen) atoms. The van der Waals surface area contributed by atoms with Gasteiger partial charge in [0.15, 0.2) is 0 Å². The highest BCUT2D eigenvalue weighted by atomic mass is 79.9. The van der Waals surface area contributed by atoms with Gasteiger partial charge >= 0.3 is 0 Å². The van der Waals surface area contributed by atoms with Gasteiger partial charge < -0.3 is 10.6 Å². The van der Waals surface area contributed by atoms with Gasteiger partial charge in [0.1, 0.15) is 0 Å². The summed E-state index contributed by atoms with van der Waals surface area (Å²) in [5, 5.41) is 5.74. The minimum absolute atomic E-state index is 0.0407. The van der Waals surface area contributed by atoms with E-state index in [4.69, 9.17) is 0 Å². The molecule has 2 amide bonds. The molecule has 0 bridgehead atoms. The van der Waals surface area contributed by atoms with E-state index in [1.807, 2.05) is 0 Å². The number of amides is 2. The second kappa shape index (κ2) is 7.69. The monoisotopic (exact) mass is 304 g/mol. The maximum Gasteiger partial charge on any atom is 0.220 e. The van der Waals surface area contributed by atoms with Crippen LogP contribution >= 0.6 is 15.9 Å². The normalized spacial score (nSPS) is 24.1. The summed E-state index contributed by atoms with van der Waals surface area (Å²) < 4.78 is 0. The Morgan fingerprint density at radius 1 is 1.24 bits per heavy atom. The number of hydrogen-bond donors (Lipinski definition) is 2. The summed E-state index contributed by atoms with van der Waals surface area (Å²) in [4.78, 5) is 22.8. The molecule has 0 spiro atoms. The summed E-state index contributed by atoms with van der Waals surface area (Å²) in [6, 6.07) is 0.345. The van der Waals surface area contributed by atoms with Crippen molar-refractivity contribution < 1.29 is 9.59 Å². The van der Waals surface area contributed by atoms with Crippen molar-refractivity contribution in [1.82, 2.24) is 10.6 Å². The molecule has 5 heteroatoms. The van der Waals surface area contributed by atoms with Crippen LogP contribution in [-0.2, 0) is 9.59 Å². The van der Waals surface area contributed by atoms with E-state index in [1.165, 1.54) is 6.92 Å². The molecule has 1 saturated carbocycles. The molecule has 0 aromatic rings. The first kappa shape index (κ1) is 14.5. The summed E-state index contributed by atoms with van der Waals surface area (Å²) in [5.74, 6) is 0.0643. The summed E-state index contributed by atoms with van der Waals surface area (Å²) in [5.41, 5.74) is 0. The van der Waals surface area contributed by atoms with Crippen LogP contribution in [-0.4, -0.2) is 29.2 Å². The van der Waals surface area contributed by atoms with Crippen molar-refractivity contribution >= 4 is 27.7 Å². The lowest BCUT2D eigenvalue weighted by Gasteiger charge is -2.26. The van der Waals surface area contributed by atoms with Gasteiger partial charge in [0.05, 0.1) is 0 Å². The van der Waals surface area contributed by atoms with E-state index in [0.29, 0.717) is 30.3 Å².